The van der Waals surface area contributed by atoms with Crippen LogP contribution < -0.4 is 14.8 Å². The third-order valence-electron chi connectivity index (χ3n) is 7.85. The number of halogens is 11. The van der Waals surface area contributed by atoms with E-state index >= 15 is 0 Å². The van der Waals surface area contributed by atoms with Crippen LogP contribution in [0, 0.1) is 10.1 Å². The predicted molar refractivity (Wildman–Crippen MR) is 232 cm³/mol. The van der Waals surface area contributed by atoms with Crippen molar-refractivity contribution in [2.24, 2.45) is 0 Å². The molecular formula is C39H27Cl5F6N4O8S2. The second-order valence-electron chi connectivity index (χ2n) is 12.8. The maximum absolute atomic E-state index is 13.0. The van der Waals surface area contributed by atoms with Gasteiger partial charge in [-0.1, -0.05) is 88.3 Å². The van der Waals surface area contributed by atoms with Gasteiger partial charge in [0, 0.05) is 35.8 Å². The molecule has 0 atom stereocenters. The first-order valence-corrected chi connectivity index (χ1v) is 21.5. The van der Waals surface area contributed by atoms with Crippen molar-refractivity contribution in [2.75, 3.05) is 10.0 Å². The maximum atomic E-state index is 13.0. The molecule has 6 rings (SSSR count). The number of carbonyl (C=O) groups is 3. The first kappa shape index (κ1) is 51.7. The van der Waals surface area contributed by atoms with E-state index in [-0.39, 0.29) is 22.5 Å². The summed E-state index contributed by atoms with van der Waals surface area (Å²) in [6, 6.07) is 22.6. The fraction of sp³-hybridized carbons (Fsp3) is 0.154. The number of nitrogens with zero attached hydrogens (tertiary/aromatic N) is 2. The fourth-order valence-corrected chi connectivity index (χ4v) is 7.99. The van der Waals surface area contributed by atoms with Crippen LogP contribution in [0.4, 0.5) is 43.4 Å². The summed E-state index contributed by atoms with van der Waals surface area (Å²) in [5.74, 6) is -1.21. The maximum Gasteiger partial charge on any atom is 0.417 e. The number of ether oxygens (including phenoxy) is 1. The Balaban J connectivity index is 0.000000215. The van der Waals surface area contributed by atoms with Crippen molar-refractivity contribution in [3.8, 4) is 5.75 Å². The Morgan fingerprint density at radius 3 is 1.88 bits per heavy atom. The van der Waals surface area contributed by atoms with Gasteiger partial charge in [0.15, 0.2) is 0 Å². The summed E-state index contributed by atoms with van der Waals surface area (Å²) in [7, 11) is -4.43. The van der Waals surface area contributed by atoms with Gasteiger partial charge in [0.05, 0.1) is 59.5 Å². The van der Waals surface area contributed by atoms with Crippen LogP contribution in [0.5, 0.6) is 5.75 Å². The third-order valence-corrected chi connectivity index (χ3v) is 11.2. The number of alkyl halides is 9. The zero-order valence-corrected chi connectivity index (χ0v) is 37.5. The smallest absolute Gasteiger partial charge is 0.417 e. The zero-order chi connectivity index (χ0) is 47.9. The van der Waals surface area contributed by atoms with Crippen LogP contribution >= 0.6 is 70.0 Å². The van der Waals surface area contributed by atoms with Crippen molar-refractivity contribution in [3.63, 3.8) is 0 Å². The summed E-state index contributed by atoms with van der Waals surface area (Å²) < 4.78 is 108. The normalized spacial score (nSPS) is 12.7. The lowest BCUT2D eigenvalue weighted by molar-refractivity contribution is -0.384. The number of non-ortho nitro benzene ring substituents is 1. The number of amides is 3. The molecule has 340 valence electrons. The lowest BCUT2D eigenvalue weighted by Crippen LogP contribution is -2.25. The molecule has 0 saturated carbocycles. The monoisotopic (exact) mass is 1030 g/mol. The van der Waals surface area contributed by atoms with Crippen LogP contribution in [0.25, 0.3) is 0 Å². The van der Waals surface area contributed by atoms with Gasteiger partial charge in [-0.05, 0) is 74.5 Å². The first-order chi connectivity index (χ1) is 29.6. The van der Waals surface area contributed by atoms with Crippen molar-refractivity contribution < 1.29 is 58.8 Å². The number of carbonyl (C=O) groups excluding carboxylic acids is 3. The highest BCUT2D eigenvalue weighted by molar-refractivity contribution is 8.03. The average Bonchev–Trinajstić information content (AvgIpc) is 3.42. The molecule has 5 aromatic carbocycles. The van der Waals surface area contributed by atoms with E-state index in [0.717, 1.165) is 46.8 Å². The Kier molecular flexibility index (Phi) is 16.9. The van der Waals surface area contributed by atoms with Gasteiger partial charge in [0.2, 0.25) is 0 Å². The molecule has 0 spiro atoms. The van der Waals surface area contributed by atoms with Crippen LogP contribution in [0.2, 0.25) is 10.0 Å². The van der Waals surface area contributed by atoms with Gasteiger partial charge in [0.25, 0.3) is 36.6 Å². The quantitative estimate of drug-likeness (QED) is 0.0365. The Morgan fingerprint density at radius 2 is 1.34 bits per heavy atom. The second kappa shape index (κ2) is 20.9. The Labute approximate surface area is 389 Å². The molecule has 0 fully saturated rings. The van der Waals surface area contributed by atoms with E-state index in [4.69, 9.17) is 62.7 Å². The Morgan fingerprint density at radius 1 is 0.766 bits per heavy atom. The van der Waals surface area contributed by atoms with Gasteiger partial charge in [-0.15, -0.1) is 0 Å². The van der Waals surface area contributed by atoms with Gasteiger partial charge in [-0.25, -0.2) is 12.7 Å². The number of nitrogens with one attached hydrogen (secondary N) is 2. The van der Waals surface area contributed by atoms with Gasteiger partial charge < -0.3 is 10.1 Å². The summed E-state index contributed by atoms with van der Waals surface area (Å²) in [4.78, 5) is 44.9. The molecule has 0 saturated heterocycles. The molecule has 1 aliphatic heterocycles. The van der Waals surface area contributed by atoms with Gasteiger partial charge in [0.1, 0.15) is 5.75 Å². The zero-order valence-electron chi connectivity index (χ0n) is 32.1. The minimum Gasteiger partial charge on any atom is -0.491 e. The Hall–Kier alpha value is -4.96. The molecule has 1 heterocycles. The molecule has 1 aliphatic rings. The summed E-state index contributed by atoms with van der Waals surface area (Å²) in [5, 5.41) is 12.1. The van der Waals surface area contributed by atoms with Crippen LogP contribution in [-0.4, -0.2) is 44.6 Å². The van der Waals surface area contributed by atoms with E-state index in [2.05, 4.69) is 5.32 Å². The average molecular weight is 1040 g/mol. The van der Waals surface area contributed by atoms with Crippen molar-refractivity contribution in [2.45, 2.75) is 40.3 Å². The minimum atomic E-state index is -4.84. The van der Waals surface area contributed by atoms with E-state index in [9.17, 15) is 59.3 Å². The predicted octanol–water partition coefficient (Wildman–Crippen LogP) is 12.7. The number of rotatable bonds is 9. The number of benzene rings is 5. The summed E-state index contributed by atoms with van der Waals surface area (Å²) in [6.45, 7) is 3.70. The van der Waals surface area contributed by atoms with Crippen molar-refractivity contribution >= 4 is 115 Å². The molecule has 0 unspecified atom stereocenters. The minimum absolute atomic E-state index is 0.0492. The lowest BCUT2D eigenvalue weighted by atomic mass is 10.1. The SMILES string of the molecule is CC(C)Oc1cccc(NC(=O)c2ccccc2C(F)(F)F)c1.O=C1c2ccccc2C(=O)N1SC(Cl)(Cl)Cl.O=[N+]([O-])c1ccc(NS(=O)(=O)c2ccc(Cl)c(C(F)(F)F)c2)c(Cl)c1. The second-order valence-corrected chi connectivity index (χ2v) is 19.5. The van der Waals surface area contributed by atoms with Gasteiger partial charge in [-0.2, -0.15) is 26.3 Å². The number of sulfonamides is 1. The standard InChI is InChI=1S/C17H16F3NO2.C13H7Cl2F3N2O4S.C9H4Cl3NO2S/c1-11(2)23-13-7-5-6-12(10-13)21-16(22)14-8-3-4-9-15(14)17(18,19)20;14-10-3-2-8(6-9(10)13(16,17)18)25(23,24)19-12-4-1-7(20(21)22)5-11(12)15;10-9(11,12)16-13-7(14)5-3-1-2-4-6(5)8(13)15/h3-11H,1-2H3,(H,21,22);1-6,19H;1-4H. The number of imide groups is 1. The molecule has 0 aromatic heterocycles. The van der Waals surface area contributed by atoms with E-state index in [1.54, 1.807) is 48.5 Å². The molecule has 0 bridgehead atoms. The number of hydrogen-bond donors (Lipinski definition) is 2. The molecule has 25 heteroatoms. The number of nitro benzene ring substituents is 1. The lowest BCUT2D eigenvalue weighted by Gasteiger charge is -2.17. The molecule has 0 radical (unpaired) electrons. The topological polar surface area (TPSA) is 165 Å². The molecule has 12 nitrogen and oxygen atoms in total. The van der Waals surface area contributed by atoms with Gasteiger partial charge in [-0.3, -0.25) is 29.2 Å². The number of anilines is 2. The van der Waals surface area contributed by atoms with Crippen LogP contribution in [0.3, 0.4) is 0 Å². The highest BCUT2D eigenvalue weighted by Crippen LogP contribution is 2.44. The molecule has 3 amide bonds. The molecule has 64 heavy (non-hydrogen) atoms. The van der Waals surface area contributed by atoms with E-state index in [1.165, 1.54) is 12.1 Å². The van der Waals surface area contributed by atoms with Gasteiger partial charge >= 0.3 is 12.4 Å². The number of fused-ring (bicyclic) bond motifs is 1. The molecule has 2 N–H and O–H groups in total. The van der Waals surface area contributed by atoms with E-state index in [0.29, 0.717) is 40.6 Å². The largest absolute Gasteiger partial charge is 0.491 e. The molecule has 5 aromatic rings. The number of hydrogen-bond acceptors (Lipinski definition) is 9. The van der Waals surface area contributed by atoms with Crippen LogP contribution in [-0.2, 0) is 22.4 Å². The fourth-order valence-electron chi connectivity index (χ4n) is 5.19. The highest BCUT2D eigenvalue weighted by atomic mass is 35.6. The first-order valence-electron chi connectivity index (χ1n) is 17.4. The Bertz CT molecular complexity index is 2650. The summed E-state index contributed by atoms with van der Waals surface area (Å²) >= 11 is 28.4. The van der Waals surface area contributed by atoms with Crippen molar-refractivity contribution in [3.05, 3.63) is 157 Å². The summed E-state index contributed by atoms with van der Waals surface area (Å²) in [6.07, 6.45) is -9.48. The van der Waals surface area contributed by atoms with Crippen LogP contribution in [0.1, 0.15) is 56.0 Å². The van der Waals surface area contributed by atoms with E-state index < -0.39 is 74.8 Å². The summed E-state index contributed by atoms with van der Waals surface area (Å²) in [5.41, 5.74) is -2.28. The van der Waals surface area contributed by atoms with Crippen molar-refractivity contribution in [1.29, 1.82) is 0 Å². The third kappa shape index (κ3) is 14.0. The van der Waals surface area contributed by atoms with Crippen molar-refractivity contribution in [1.82, 2.24) is 4.31 Å². The number of nitro groups is 1. The van der Waals surface area contributed by atoms with Crippen LogP contribution in [0.15, 0.2) is 114 Å². The van der Waals surface area contributed by atoms with E-state index in [1.807, 2.05) is 18.6 Å². The molecular weight excluding hydrogens is 1010 g/mol. The molecule has 0 aliphatic carbocycles. The highest BCUT2D eigenvalue weighted by Gasteiger charge is 2.41.